The lowest BCUT2D eigenvalue weighted by atomic mass is 9.85. The van der Waals surface area contributed by atoms with Crippen LogP contribution in [0.25, 0.3) is 10.8 Å². The summed E-state index contributed by atoms with van der Waals surface area (Å²) in [5.41, 5.74) is -2.74. The lowest BCUT2D eigenvalue weighted by Crippen LogP contribution is -2.42. The molecule has 1 saturated carbocycles. The van der Waals surface area contributed by atoms with Crippen LogP contribution in [0.2, 0.25) is 10.0 Å². The van der Waals surface area contributed by atoms with Crippen molar-refractivity contribution in [1.82, 2.24) is 5.32 Å². The Morgan fingerprint density at radius 1 is 1.15 bits per heavy atom. The fourth-order valence-corrected chi connectivity index (χ4v) is 5.20. The molecule has 6 nitrogen and oxygen atoms in total. The van der Waals surface area contributed by atoms with Crippen molar-refractivity contribution in [2.75, 3.05) is 13.2 Å². The van der Waals surface area contributed by atoms with Crippen LogP contribution in [0.3, 0.4) is 0 Å². The topological polar surface area (TPSA) is 72.3 Å². The second kappa shape index (κ2) is 11.2. The van der Waals surface area contributed by atoms with E-state index in [-0.39, 0.29) is 12.3 Å². The zero-order chi connectivity index (χ0) is 28.5. The summed E-state index contributed by atoms with van der Waals surface area (Å²) in [7, 11) is 0. The molecule has 1 amide bonds. The number of benzene rings is 3. The van der Waals surface area contributed by atoms with E-state index in [1.54, 1.807) is 24.3 Å². The first-order chi connectivity index (χ1) is 19.1. The van der Waals surface area contributed by atoms with Crippen LogP contribution in [0.1, 0.15) is 47.2 Å². The van der Waals surface area contributed by atoms with E-state index in [9.17, 15) is 22.4 Å². The molecular formula is C28H23Cl2F4N3O3. The van der Waals surface area contributed by atoms with Crippen LogP contribution in [0.15, 0.2) is 58.8 Å². The number of oxime groups is 2. The molecule has 0 radical (unpaired) electrons. The fourth-order valence-electron chi connectivity index (χ4n) is 4.72. The molecule has 2 aliphatic rings. The SMILES string of the molecule is O=C(NCC=NOCC1CCC1)c1ccc(C2=NOC(c3cc(Cl)c(F)c(Cl)c3)(C(F)(F)F)C2)c2ccccc12. The number of nitrogens with zero attached hydrogens (tertiary/aromatic N) is 2. The van der Waals surface area contributed by atoms with Crippen molar-refractivity contribution in [3.8, 4) is 0 Å². The Morgan fingerprint density at radius 2 is 1.85 bits per heavy atom. The van der Waals surface area contributed by atoms with Crippen LogP contribution in [0, 0.1) is 11.7 Å². The van der Waals surface area contributed by atoms with Crippen molar-refractivity contribution in [3.63, 3.8) is 0 Å². The van der Waals surface area contributed by atoms with Gasteiger partial charge in [-0.3, -0.25) is 4.79 Å². The summed E-state index contributed by atoms with van der Waals surface area (Å²) in [4.78, 5) is 23.2. The fraction of sp³-hybridized carbons (Fsp3) is 0.321. The third-order valence-electron chi connectivity index (χ3n) is 7.15. The molecule has 1 heterocycles. The van der Waals surface area contributed by atoms with Gasteiger partial charge in [0.25, 0.3) is 11.5 Å². The summed E-state index contributed by atoms with van der Waals surface area (Å²) >= 11 is 11.6. The van der Waals surface area contributed by atoms with Crippen LogP contribution in [0.5, 0.6) is 0 Å². The van der Waals surface area contributed by atoms with Gasteiger partial charge in [-0.2, -0.15) is 13.2 Å². The Kier molecular flexibility index (Phi) is 7.92. The first kappa shape index (κ1) is 28.2. The highest BCUT2D eigenvalue weighted by Crippen LogP contribution is 2.50. The van der Waals surface area contributed by atoms with Crippen LogP contribution in [-0.4, -0.2) is 37.2 Å². The van der Waals surface area contributed by atoms with E-state index in [0.717, 1.165) is 25.0 Å². The highest BCUT2D eigenvalue weighted by molar-refractivity contribution is 6.35. The molecule has 3 aromatic carbocycles. The van der Waals surface area contributed by atoms with E-state index < -0.39 is 45.5 Å². The molecule has 0 aromatic heterocycles. The summed E-state index contributed by atoms with van der Waals surface area (Å²) in [6.45, 7) is 0.692. The van der Waals surface area contributed by atoms with Gasteiger partial charge in [0.15, 0.2) is 5.82 Å². The maximum Gasteiger partial charge on any atom is 0.435 e. The summed E-state index contributed by atoms with van der Waals surface area (Å²) in [5.74, 6) is -0.881. The minimum absolute atomic E-state index is 0.00667. The van der Waals surface area contributed by atoms with Crippen molar-refractivity contribution < 1.29 is 32.0 Å². The maximum absolute atomic E-state index is 14.4. The molecule has 1 aliphatic heterocycles. The molecule has 210 valence electrons. The van der Waals surface area contributed by atoms with Crippen LogP contribution in [-0.2, 0) is 15.3 Å². The summed E-state index contributed by atoms with van der Waals surface area (Å²) in [6, 6.07) is 11.5. The molecule has 0 bridgehead atoms. The number of halogens is 6. The van der Waals surface area contributed by atoms with Crippen LogP contribution < -0.4 is 5.32 Å². The van der Waals surface area contributed by atoms with Crippen LogP contribution in [0.4, 0.5) is 17.6 Å². The summed E-state index contributed by atoms with van der Waals surface area (Å²) < 4.78 is 57.3. The molecule has 5 rings (SSSR count). The van der Waals surface area contributed by atoms with E-state index in [0.29, 0.717) is 34.4 Å². The zero-order valence-electron chi connectivity index (χ0n) is 20.9. The van der Waals surface area contributed by atoms with Gasteiger partial charge in [-0.05, 0) is 47.7 Å². The van der Waals surface area contributed by atoms with Gasteiger partial charge in [0.05, 0.1) is 28.5 Å². The predicted molar refractivity (Wildman–Crippen MR) is 144 cm³/mol. The Hall–Kier alpha value is -3.37. The molecule has 0 saturated heterocycles. The Morgan fingerprint density at radius 3 is 2.50 bits per heavy atom. The first-order valence-corrected chi connectivity index (χ1v) is 13.3. The molecule has 1 atom stereocenters. The number of rotatable bonds is 8. The highest BCUT2D eigenvalue weighted by Gasteiger charge is 2.62. The minimum atomic E-state index is -4.94. The number of hydrogen-bond donors (Lipinski definition) is 1. The molecular weight excluding hydrogens is 573 g/mol. The van der Waals surface area contributed by atoms with Crippen molar-refractivity contribution in [2.45, 2.75) is 37.5 Å². The molecule has 1 aliphatic carbocycles. The number of carbonyl (C=O) groups excluding carboxylic acids is 1. The van der Waals surface area contributed by atoms with Gasteiger partial charge in [0, 0.05) is 23.1 Å². The lowest BCUT2D eigenvalue weighted by molar-refractivity contribution is -0.275. The van der Waals surface area contributed by atoms with Crippen molar-refractivity contribution in [2.24, 2.45) is 16.2 Å². The highest BCUT2D eigenvalue weighted by atomic mass is 35.5. The summed E-state index contributed by atoms with van der Waals surface area (Å²) in [6.07, 6.45) is -0.715. The number of alkyl halides is 3. The molecule has 3 aromatic rings. The van der Waals surface area contributed by atoms with E-state index in [2.05, 4.69) is 15.6 Å². The predicted octanol–water partition coefficient (Wildman–Crippen LogP) is 7.40. The molecule has 1 unspecified atom stereocenters. The Bertz CT molecular complexity index is 1480. The average Bonchev–Trinajstić information content (AvgIpc) is 3.36. The van der Waals surface area contributed by atoms with Crippen LogP contribution >= 0.6 is 23.2 Å². The van der Waals surface area contributed by atoms with Gasteiger partial charge < -0.3 is 15.0 Å². The lowest BCUT2D eigenvalue weighted by Gasteiger charge is -2.29. The smallest absolute Gasteiger partial charge is 0.396 e. The molecule has 12 heteroatoms. The number of hydrogen-bond acceptors (Lipinski definition) is 5. The summed E-state index contributed by atoms with van der Waals surface area (Å²) in [5, 5.41) is 10.3. The quantitative estimate of drug-likeness (QED) is 0.128. The van der Waals surface area contributed by atoms with Gasteiger partial charge in [0.1, 0.15) is 6.61 Å². The zero-order valence-corrected chi connectivity index (χ0v) is 22.4. The third kappa shape index (κ3) is 5.34. The Labute approximate surface area is 236 Å². The van der Waals surface area contributed by atoms with Gasteiger partial charge in [0.2, 0.25) is 0 Å². The van der Waals surface area contributed by atoms with Crippen molar-refractivity contribution >= 4 is 51.8 Å². The van der Waals surface area contributed by atoms with Gasteiger partial charge >= 0.3 is 6.18 Å². The molecule has 1 N–H and O–H groups in total. The Balaban J connectivity index is 1.38. The second-order valence-electron chi connectivity index (χ2n) is 9.68. The third-order valence-corrected chi connectivity index (χ3v) is 7.70. The van der Waals surface area contributed by atoms with E-state index in [1.807, 2.05) is 0 Å². The number of amides is 1. The van der Waals surface area contributed by atoms with Crippen molar-refractivity contribution in [1.29, 1.82) is 0 Å². The maximum atomic E-state index is 14.4. The largest absolute Gasteiger partial charge is 0.435 e. The van der Waals surface area contributed by atoms with Crippen molar-refractivity contribution in [3.05, 3.63) is 81.1 Å². The molecule has 40 heavy (non-hydrogen) atoms. The number of nitrogens with one attached hydrogen (secondary N) is 1. The van der Waals surface area contributed by atoms with Gasteiger partial charge in [-0.1, -0.05) is 70.3 Å². The monoisotopic (exact) mass is 595 g/mol. The number of fused-ring (bicyclic) bond motifs is 1. The van der Waals surface area contributed by atoms with E-state index in [4.69, 9.17) is 32.9 Å². The standard InChI is InChI=1S/C28H23Cl2F4N3O3/c29-22-12-17(13-23(30)25(22)31)27(28(32,33)34)14-24(37-40-27)20-8-9-21(19-7-2-1-6-18(19)20)26(38)35-10-11-36-39-15-16-4-3-5-16/h1-2,6-9,11-13,16H,3-5,10,14-15H2,(H,35,38). The van der Waals surface area contributed by atoms with E-state index in [1.165, 1.54) is 24.8 Å². The first-order valence-electron chi connectivity index (χ1n) is 12.5. The van der Waals surface area contributed by atoms with Gasteiger partial charge in [-0.15, -0.1) is 0 Å². The normalized spacial score (nSPS) is 19.4. The second-order valence-corrected chi connectivity index (χ2v) is 10.5. The van der Waals surface area contributed by atoms with E-state index >= 15 is 0 Å². The molecule has 1 fully saturated rings. The average molecular weight is 596 g/mol. The minimum Gasteiger partial charge on any atom is -0.396 e. The van der Waals surface area contributed by atoms with Gasteiger partial charge in [-0.25, -0.2) is 4.39 Å². The molecule has 0 spiro atoms. The number of carbonyl (C=O) groups is 1.